The first-order chi connectivity index (χ1) is 11.1. The largest absolute Gasteiger partial charge is 0.346 e. The Morgan fingerprint density at radius 2 is 2.21 bits per heavy atom. The van der Waals surface area contributed by atoms with Crippen molar-refractivity contribution in [3.63, 3.8) is 0 Å². The standard InChI is InChI=1S/C16H19ClN4O2.ClH/c1-10(19-14(22)9-13-3-2-8-18-13)15-20-16(23-21-15)11-4-6-12(17)7-5-11;/h4-7,10,13,18H,2-3,8-9H2,1H3,(H,19,22);1H. The molecule has 1 aromatic carbocycles. The fraction of sp³-hybridized carbons (Fsp3) is 0.438. The number of benzene rings is 1. The third-order valence-corrected chi connectivity index (χ3v) is 4.14. The van der Waals surface area contributed by atoms with Crippen LogP contribution in [-0.4, -0.2) is 28.6 Å². The van der Waals surface area contributed by atoms with Crippen LogP contribution < -0.4 is 10.6 Å². The summed E-state index contributed by atoms with van der Waals surface area (Å²) in [5.74, 6) is 0.868. The van der Waals surface area contributed by atoms with Gasteiger partial charge in [-0.25, -0.2) is 0 Å². The minimum absolute atomic E-state index is 0. The lowest BCUT2D eigenvalue weighted by atomic mass is 10.1. The summed E-state index contributed by atoms with van der Waals surface area (Å²) in [6.45, 7) is 2.83. The molecule has 2 atom stereocenters. The van der Waals surface area contributed by atoms with Crippen LogP contribution in [-0.2, 0) is 4.79 Å². The molecule has 0 bridgehead atoms. The van der Waals surface area contributed by atoms with E-state index in [1.54, 1.807) is 12.1 Å². The molecule has 1 aliphatic heterocycles. The fourth-order valence-electron chi connectivity index (χ4n) is 2.64. The highest BCUT2D eigenvalue weighted by molar-refractivity contribution is 6.30. The van der Waals surface area contributed by atoms with Gasteiger partial charge in [0.1, 0.15) is 0 Å². The molecule has 3 rings (SSSR count). The Labute approximate surface area is 151 Å². The number of nitrogens with one attached hydrogen (secondary N) is 2. The molecule has 8 heteroatoms. The summed E-state index contributed by atoms with van der Waals surface area (Å²) in [6.07, 6.45) is 2.65. The summed E-state index contributed by atoms with van der Waals surface area (Å²) in [7, 11) is 0. The zero-order valence-electron chi connectivity index (χ0n) is 13.3. The highest BCUT2D eigenvalue weighted by Crippen LogP contribution is 2.21. The predicted octanol–water partition coefficient (Wildman–Crippen LogP) is 3.13. The van der Waals surface area contributed by atoms with Gasteiger partial charge in [0, 0.05) is 23.0 Å². The van der Waals surface area contributed by atoms with E-state index in [4.69, 9.17) is 16.1 Å². The summed E-state index contributed by atoms with van der Waals surface area (Å²) in [5.41, 5.74) is 0.793. The third kappa shape index (κ3) is 4.69. The zero-order chi connectivity index (χ0) is 16.2. The van der Waals surface area contributed by atoms with Gasteiger partial charge in [0.2, 0.25) is 5.91 Å². The van der Waals surface area contributed by atoms with Crippen LogP contribution in [0.15, 0.2) is 28.8 Å². The maximum Gasteiger partial charge on any atom is 0.257 e. The molecule has 0 radical (unpaired) electrons. The van der Waals surface area contributed by atoms with E-state index in [9.17, 15) is 4.79 Å². The van der Waals surface area contributed by atoms with Gasteiger partial charge >= 0.3 is 0 Å². The van der Waals surface area contributed by atoms with Crippen molar-refractivity contribution in [3.8, 4) is 11.5 Å². The van der Waals surface area contributed by atoms with E-state index in [0.29, 0.717) is 23.2 Å². The molecule has 1 aliphatic rings. The second-order valence-electron chi connectivity index (χ2n) is 5.75. The lowest BCUT2D eigenvalue weighted by Gasteiger charge is -2.13. The van der Waals surface area contributed by atoms with Crippen molar-refractivity contribution < 1.29 is 9.32 Å². The van der Waals surface area contributed by atoms with Crippen LogP contribution in [0.3, 0.4) is 0 Å². The van der Waals surface area contributed by atoms with E-state index in [1.807, 2.05) is 19.1 Å². The van der Waals surface area contributed by atoms with Crippen LogP contribution in [0.2, 0.25) is 5.02 Å². The summed E-state index contributed by atoms with van der Waals surface area (Å²) < 4.78 is 5.26. The molecule has 1 amide bonds. The van der Waals surface area contributed by atoms with E-state index in [-0.39, 0.29) is 30.4 Å². The summed E-state index contributed by atoms with van der Waals surface area (Å²) in [4.78, 5) is 16.4. The van der Waals surface area contributed by atoms with Crippen molar-refractivity contribution in [2.75, 3.05) is 6.54 Å². The first-order valence-corrected chi connectivity index (χ1v) is 8.12. The lowest BCUT2D eigenvalue weighted by molar-refractivity contribution is -0.122. The van der Waals surface area contributed by atoms with Crippen molar-refractivity contribution in [1.29, 1.82) is 0 Å². The van der Waals surface area contributed by atoms with Crippen LogP contribution in [0.4, 0.5) is 0 Å². The predicted molar refractivity (Wildman–Crippen MR) is 94.2 cm³/mol. The van der Waals surface area contributed by atoms with Crippen LogP contribution in [0, 0.1) is 0 Å². The summed E-state index contributed by atoms with van der Waals surface area (Å²) in [6, 6.07) is 7.13. The SMILES string of the molecule is CC(NC(=O)CC1CCCN1)c1noc(-c2ccc(Cl)cc2)n1.Cl. The Morgan fingerprint density at radius 1 is 1.46 bits per heavy atom. The maximum atomic E-state index is 12.0. The molecule has 1 aromatic heterocycles. The lowest BCUT2D eigenvalue weighted by Crippen LogP contribution is -2.33. The van der Waals surface area contributed by atoms with E-state index >= 15 is 0 Å². The molecule has 2 unspecified atom stereocenters. The van der Waals surface area contributed by atoms with Gasteiger partial charge in [-0.05, 0) is 50.6 Å². The molecule has 2 heterocycles. The van der Waals surface area contributed by atoms with E-state index in [0.717, 1.165) is 24.9 Å². The third-order valence-electron chi connectivity index (χ3n) is 3.89. The highest BCUT2D eigenvalue weighted by atomic mass is 35.5. The van der Waals surface area contributed by atoms with Crippen molar-refractivity contribution in [2.24, 2.45) is 0 Å². The van der Waals surface area contributed by atoms with Crippen molar-refractivity contribution in [3.05, 3.63) is 35.1 Å². The number of hydrogen-bond acceptors (Lipinski definition) is 5. The van der Waals surface area contributed by atoms with Gasteiger partial charge in [-0.2, -0.15) is 4.98 Å². The molecular formula is C16H20Cl2N4O2. The molecule has 2 aromatic rings. The molecule has 0 saturated carbocycles. The molecule has 130 valence electrons. The van der Waals surface area contributed by atoms with Gasteiger partial charge in [0.05, 0.1) is 6.04 Å². The quantitative estimate of drug-likeness (QED) is 0.844. The second kappa shape index (κ2) is 8.46. The number of nitrogens with zero attached hydrogens (tertiary/aromatic N) is 2. The molecule has 6 nitrogen and oxygen atoms in total. The Kier molecular flexibility index (Phi) is 6.60. The van der Waals surface area contributed by atoms with Gasteiger partial charge in [-0.3, -0.25) is 4.79 Å². The topological polar surface area (TPSA) is 80.0 Å². The van der Waals surface area contributed by atoms with Crippen molar-refractivity contribution >= 4 is 29.9 Å². The molecule has 1 fully saturated rings. The highest BCUT2D eigenvalue weighted by Gasteiger charge is 2.21. The normalized spacial score (nSPS) is 18.0. The molecule has 1 saturated heterocycles. The molecule has 2 N–H and O–H groups in total. The minimum atomic E-state index is -0.297. The van der Waals surface area contributed by atoms with E-state index < -0.39 is 0 Å². The van der Waals surface area contributed by atoms with Crippen LogP contribution in [0.25, 0.3) is 11.5 Å². The van der Waals surface area contributed by atoms with Gasteiger partial charge < -0.3 is 15.2 Å². The molecule has 0 spiro atoms. The summed E-state index contributed by atoms with van der Waals surface area (Å²) >= 11 is 5.86. The van der Waals surface area contributed by atoms with Gasteiger partial charge in [0.25, 0.3) is 5.89 Å². The molecular weight excluding hydrogens is 351 g/mol. The van der Waals surface area contributed by atoms with Crippen molar-refractivity contribution in [2.45, 2.75) is 38.3 Å². The zero-order valence-corrected chi connectivity index (χ0v) is 14.9. The van der Waals surface area contributed by atoms with Gasteiger partial charge in [-0.1, -0.05) is 16.8 Å². The number of carbonyl (C=O) groups is 1. The average molecular weight is 371 g/mol. The monoisotopic (exact) mass is 370 g/mol. The number of amides is 1. The number of carbonyl (C=O) groups excluding carboxylic acids is 1. The number of halogens is 2. The van der Waals surface area contributed by atoms with Gasteiger partial charge in [-0.15, -0.1) is 12.4 Å². The van der Waals surface area contributed by atoms with Crippen LogP contribution >= 0.6 is 24.0 Å². The van der Waals surface area contributed by atoms with Gasteiger partial charge in [0.15, 0.2) is 5.82 Å². The second-order valence-corrected chi connectivity index (χ2v) is 6.19. The first-order valence-electron chi connectivity index (χ1n) is 7.74. The van der Waals surface area contributed by atoms with Crippen LogP contribution in [0.5, 0.6) is 0 Å². The minimum Gasteiger partial charge on any atom is -0.346 e. The smallest absolute Gasteiger partial charge is 0.257 e. The van der Waals surface area contributed by atoms with Crippen LogP contribution in [0.1, 0.15) is 38.1 Å². The Balaban J connectivity index is 0.00000208. The Morgan fingerprint density at radius 3 is 2.88 bits per heavy atom. The molecule has 0 aliphatic carbocycles. The molecule has 24 heavy (non-hydrogen) atoms. The Bertz CT molecular complexity index is 669. The maximum absolute atomic E-state index is 12.0. The summed E-state index contributed by atoms with van der Waals surface area (Å²) in [5, 5.41) is 10.8. The van der Waals surface area contributed by atoms with E-state index in [1.165, 1.54) is 0 Å². The Hall–Kier alpha value is -1.63. The number of aromatic nitrogens is 2. The van der Waals surface area contributed by atoms with Crippen molar-refractivity contribution in [1.82, 2.24) is 20.8 Å². The first kappa shape index (κ1) is 18.7. The fourth-order valence-corrected chi connectivity index (χ4v) is 2.77. The number of hydrogen-bond donors (Lipinski definition) is 2. The van der Waals surface area contributed by atoms with E-state index in [2.05, 4.69) is 20.8 Å². The average Bonchev–Trinajstić information content (AvgIpc) is 3.19. The number of rotatable bonds is 5.